The van der Waals surface area contributed by atoms with Gasteiger partial charge in [0.25, 0.3) is 5.91 Å². The number of amides is 2. The van der Waals surface area contributed by atoms with Crippen molar-refractivity contribution in [1.82, 2.24) is 4.90 Å². The van der Waals surface area contributed by atoms with Gasteiger partial charge < -0.3 is 19.7 Å². The summed E-state index contributed by atoms with van der Waals surface area (Å²) in [5.41, 5.74) is 2.28. The zero-order valence-corrected chi connectivity index (χ0v) is 24.9. The predicted molar refractivity (Wildman–Crippen MR) is 164 cm³/mol. The van der Waals surface area contributed by atoms with Gasteiger partial charge in [0.05, 0.1) is 30.9 Å². The summed E-state index contributed by atoms with van der Waals surface area (Å²) in [6, 6.07) is 17.8. The molecule has 0 radical (unpaired) electrons. The van der Waals surface area contributed by atoms with Gasteiger partial charge in [-0.15, -0.1) is 0 Å². The van der Waals surface area contributed by atoms with Crippen LogP contribution in [-0.4, -0.2) is 53.6 Å². The highest BCUT2D eigenvalue weighted by Crippen LogP contribution is 2.30. The maximum atomic E-state index is 13.7. The minimum absolute atomic E-state index is 0.138. The lowest BCUT2D eigenvalue weighted by atomic mass is 10.1. The first-order valence-electron chi connectivity index (χ1n) is 13.1. The van der Waals surface area contributed by atoms with Crippen molar-refractivity contribution in [3.05, 3.63) is 87.9 Å². The molecule has 8 nitrogen and oxygen atoms in total. The van der Waals surface area contributed by atoms with Crippen LogP contribution in [0.15, 0.2) is 66.7 Å². The Morgan fingerprint density at radius 2 is 1.68 bits per heavy atom. The lowest BCUT2D eigenvalue weighted by Gasteiger charge is -2.24. The van der Waals surface area contributed by atoms with Crippen LogP contribution in [0.5, 0.6) is 5.75 Å². The summed E-state index contributed by atoms with van der Waals surface area (Å²) >= 11 is 18.2. The van der Waals surface area contributed by atoms with Gasteiger partial charge in [0.15, 0.2) is 5.11 Å². The lowest BCUT2D eigenvalue weighted by molar-refractivity contribution is -0.124. The summed E-state index contributed by atoms with van der Waals surface area (Å²) in [6.07, 6.45) is 0.342. The molecule has 4 rings (SSSR count). The molecule has 1 heterocycles. The number of thiocarbonyl (C=S) groups is 1. The molecule has 1 N–H and O–H groups in total. The summed E-state index contributed by atoms with van der Waals surface area (Å²) in [5, 5.41) is 4.13. The normalized spacial score (nSPS) is 14.8. The summed E-state index contributed by atoms with van der Waals surface area (Å²) in [4.78, 5) is 42.0. The Balaban J connectivity index is 1.53. The molecule has 3 aromatic rings. The van der Waals surface area contributed by atoms with E-state index in [2.05, 4.69) is 5.32 Å². The summed E-state index contributed by atoms with van der Waals surface area (Å²) in [6.45, 7) is 4.76. The molecule has 1 aliphatic rings. The maximum absolute atomic E-state index is 13.7. The number of nitrogens with zero attached hydrogens (tertiary/aromatic N) is 2. The van der Waals surface area contributed by atoms with Crippen LogP contribution in [0.3, 0.4) is 0 Å². The second-order valence-corrected chi connectivity index (χ2v) is 10.3. The van der Waals surface area contributed by atoms with Gasteiger partial charge in [-0.05, 0) is 98.7 Å². The Morgan fingerprint density at radius 3 is 2.32 bits per heavy atom. The van der Waals surface area contributed by atoms with Gasteiger partial charge in [0, 0.05) is 22.3 Å². The highest BCUT2D eigenvalue weighted by molar-refractivity contribution is 7.80. The van der Waals surface area contributed by atoms with Crippen molar-refractivity contribution in [2.24, 2.45) is 0 Å². The summed E-state index contributed by atoms with van der Waals surface area (Å²) < 4.78 is 10.5. The number of rotatable bonds is 11. The number of ether oxygens (including phenoxy) is 2. The number of anilines is 2. The van der Waals surface area contributed by atoms with Gasteiger partial charge in [0.1, 0.15) is 11.8 Å². The molecule has 2 amide bonds. The fraction of sp³-hybridized carbons (Fsp3) is 0.267. The second-order valence-electron chi connectivity index (χ2n) is 9.13. The molecule has 1 atom stereocenters. The first kappa shape index (κ1) is 30.3. The highest BCUT2D eigenvalue weighted by atomic mass is 35.5. The number of halogens is 2. The minimum Gasteiger partial charge on any atom is -0.494 e. The van der Waals surface area contributed by atoms with Gasteiger partial charge in [-0.1, -0.05) is 29.3 Å². The fourth-order valence-corrected chi connectivity index (χ4v) is 5.36. The van der Waals surface area contributed by atoms with E-state index in [0.717, 1.165) is 5.56 Å². The van der Waals surface area contributed by atoms with E-state index < -0.39 is 12.0 Å². The predicted octanol–water partition coefficient (Wildman–Crippen LogP) is 6.14. The molecule has 0 spiro atoms. The van der Waals surface area contributed by atoms with Gasteiger partial charge in [-0.3, -0.25) is 14.5 Å². The first-order valence-corrected chi connectivity index (χ1v) is 14.3. The number of hydrogen-bond acceptors (Lipinski definition) is 6. The molecule has 1 aliphatic heterocycles. The summed E-state index contributed by atoms with van der Waals surface area (Å²) in [5.74, 6) is -0.457. The number of esters is 1. The molecule has 3 aromatic carbocycles. The monoisotopic (exact) mass is 613 g/mol. The number of benzene rings is 3. The molecule has 11 heteroatoms. The largest absolute Gasteiger partial charge is 0.494 e. The number of carbonyl (C=O) groups excluding carboxylic acids is 3. The minimum atomic E-state index is -0.834. The van der Waals surface area contributed by atoms with Crippen LogP contribution in [0, 0.1) is 0 Å². The van der Waals surface area contributed by atoms with E-state index >= 15 is 0 Å². The highest BCUT2D eigenvalue weighted by Gasteiger charge is 2.44. The number of carbonyl (C=O) groups is 3. The molecule has 0 saturated carbocycles. The third-order valence-electron chi connectivity index (χ3n) is 6.42. The van der Waals surface area contributed by atoms with Gasteiger partial charge >= 0.3 is 5.97 Å². The zero-order valence-electron chi connectivity index (χ0n) is 22.6. The Hall–Kier alpha value is -3.66. The first-order chi connectivity index (χ1) is 19.7. The van der Waals surface area contributed by atoms with Crippen molar-refractivity contribution >= 4 is 69.7 Å². The van der Waals surface area contributed by atoms with Crippen molar-refractivity contribution < 1.29 is 23.9 Å². The molecular formula is C30H29Cl2N3O5S. The topological polar surface area (TPSA) is 88.2 Å². The van der Waals surface area contributed by atoms with Crippen LogP contribution >= 0.6 is 35.4 Å². The van der Waals surface area contributed by atoms with Crippen molar-refractivity contribution in [1.29, 1.82) is 0 Å². The molecular weight excluding hydrogens is 585 g/mol. The number of hydrogen-bond donors (Lipinski definition) is 1. The number of nitrogens with one attached hydrogen (secondary N) is 1. The van der Waals surface area contributed by atoms with Gasteiger partial charge in [0.2, 0.25) is 5.91 Å². The Morgan fingerprint density at radius 1 is 0.976 bits per heavy atom. The molecule has 0 unspecified atom stereocenters. The van der Waals surface area contributed by atoms with E-state index in [9.17, 15) is 14.4 Å². The molecule has 0 aliphatic carbocycles. The molecule has 0 bridgehead atoms. The van der Waals surface area contributed by atoms with Crippen LogP contribution in [0.4, 0.5) is 11.4 Å². The van der Waals surface area contributed by atoms with Crippen molar-refractivity contribution in [3.63, 3.8) is 0 Å². The van der Waals surface area contributed by atoms with E-state index in [-0.39, 0.29) is 24.8 Å². The van der Waals surface area contributed by atoms with Crippen molar-refractivity contribution in [2.75, 3.05) is 30.0 Å². The zero-order chi connectivity index (χ0) is 29.5. The summed E-state index contributed by atoms with van der Waals surface area (Å²) in [7, 11) is 0. The van der Waals surface area contributed by atoms with Crippen LogP contribution in [0.2, 0.25) is 10.0 Å². The standard InChI is InChI=1S/C30H29Cl2N3O5S/c1-3-39-24-13-11-23(12-14-24)35-28(37)26(34(30(35)41)16-15-19-5-8-21(31)17-25(19)32)18-27(36)33-22-9-6-20(7-10-22)29(38)40-4-2/h5-14,17,26H,3-4,15-16,18H2,1-2H3,(H,33,36)/t26-/m1/s1. The van der Waals surface area contributed by atoms with Crippen LogP contribution in [0.25, 0.3) is 0 Å². The molecule has 0 aromatic heterocycles. The molecule has 214 valence electrons. The fourth-order valence-electron chi connectivity index (χ4n) is 4.44. The Bertz CT molecular complexity index is 1430. The van der Waals surface area contributed by atoms with Crippen molar-refractivity contribution in [2.45, 2.75) is 32.7 Å². The van der Waals surface area contributed by atoms with Gasteiger partial charge in [-0.25, -0.2) is 4.79 Å². The molecule has 1 fully saturated rings. The van der Waals surface area contributed by atoms with Crippen LogP contribution in [0.1, 0.15) is 36.2 Å². The Kier molecular flexibility index (Phi) is 10.2. The Labute approximate surface area is 254 Å². The average Bonchev–Trinajstić information content (AvgIpc) is 3.17. The van der Waals surface area contributed by atoms with Crippen LogP contribution in [-0.2, 0) is 20.7 Å². The lowest BCUT2D eigenvalue weighted by Crippen LogP contribution is -2.39. The van der Waals surface area contributed by atoms with E-state index in [0.29, 0.717) is 57.4 Å². The maximum Gasteiger partial charge on any atom is 0.338 e. The third kappa shape index (κ3) is 7.35. The van der Waals surface area contributed by atoms with Crippen molar-refractivity contribution in [3.8, 4) is 5.75 Å². The molecule has 1 saturated heterocycles. The second kappa shape index (κ2) is 13.8. The quantitative estimate of drug-likeness (QED) is 0.205. The van der Waals surface area contributed by atoms with Crippen LogP contribution < -0.4 is 15.0 Å². The van der Waals surface area contributed by atoms with Gasteiger partial charge in [-0.2, -0.15) is 0 Å². The third-order valence-corrected chi connectivity index (χ3v) is 7.42. The van der Waals surface area contributed by atoms with E-state index in [4.69, 9.17) is 44.9 Å². The van der Waals surface area contributed by atoms with E-state index in [1.165, 1.54) is 4.90 Å². The molecule has 41 heavy (non-hydrogen) atoms. The SMILES string of the molecule is CCOC(=O)c1ccc(NC(=O)C[C@@H]2C(=O)N(c3ccc(OCC)cc3)C(=S)N2CCc2ccc(Cl)cc2Cl)cc1. The average molecular weight is 615 g/mol. The van der Waals surface area contributed by atoms with E-state index in [1.54, 1.807) is 72.5 Å². The van der Waals surface area contributed by atoms with E-state index in [1.807, 2.05) is 13.0 Å². The smallest absolute Gasteiger partial charge is 0.338 e.